The predicted octanol–water partition coefficient (Wildman–Crippen LogP) is 0.00800. The minimum atomic E-state index is -0.120. The molecule has 0 aliphatic rings. The van der Waals surface area contributed by atoms with Crippen molar-refractivity contribution in [3.05, 3.63) is 29.7 Å². The van der Waals surface area contributed by atoms with Crippen molar-refractivity contribution >= 4 is 11.7 Å². The number of nitrogens with zero attached hydrogens (tertiary/aromatic N) is 5. The third kappa shape index (κ3) is 2.34. The summed E-state index contributed by atoms with van der Waals surface area (Å²) in [5.74, 6) is 0.223. The van der Waals surface area contributed by atoms with E-state index in [1.165, 1.54) is 4.68 Å². The fraction of sp³-hybridized carbons (Fsp3) is 0.364. The standard InChI is InChI=1S/C11H16N6O/c1-15(6-8-5-13-16(2)7-8)11(18)9-4-10(12)14-17(9)3/h4-5,7H,6H2,1-3H3,(H2,12,14). The van der Waals surface area contributed by atoms with E-state index in [-0.39, 0.29) is 5.91 Å². The molecule has 0 aliphatic heterocycles. The summed E-state index contributed by atoms with van der Waals surface area (Å²) in [5.41, 5.74) is 7.00. The van der Waals surface area contributed by atoms with Crippen LogP contribution in [0, 0.1) is 0 Å². The lowest BCUT2D eigenvalue weighted by molar-refractivity contribution is 0.0774. The Kier molecular flexibility index (Phi) is 3.05. The molecule has 0 radical (unpaired) electrons. The Hall–Kier alpha value is -2.31. The minimum Gasteiger partial charge on any atom is -0.382 e. The van der Waals surface area contributed by atoms with Gasteiger partial charge in [0, 0.05) is 45.5 Å². The molecule has 0 bridgehead atoms. The molecule has 0 saturated heterocycles. The summed E-state index contributed by atoms with van der Waals surface area (Å²) < 4.78 is 3.19. The lowest BCUT2D eigenvalue weighted by Gasteiger charge is -2.15. The van der Waals surface area contributed by atoms with Crippen LogP contribution in [0.5, 0.6) is 0 Å². The molecule has 0 aliphatic carbocycles. The van der Waals surface area contributed by atoms with E-state index in [9.17, 15) is 4.79 Å². The number of rotatable bonds is 3. The second-order valence-electron chi connectivity index (χ2n) is 4.26. The molecule has 2 heterocycles. The Morgan fingerprint density at radius 2 is 2.22 bits per heavy atom. The molecule has 2 aromatic heterocycles. The van der Waals surface area contributed by atoms with Gasteiger partial charge in [0.25, 0.3) is 5.91 Å². The molecule has 0 saturated carbocycles. The summed E-state index contributed by atoms with van der Waals surface area (Å²) in [4.78, 5) is 13.8. The van der Waals surface area contributed by atoms with Gasteiger partial charge in [0.2, 0.25) is 0 Å². The zero-order valence-corrected chi connectivity index (χ0v) is 10.7. The van der Waals surface area contributed by atoms with E-state index in [1.807, 2.05) is 13.2 Å². The molecule has 1 amide bonds. The number of aromatic nitrogens is 4. The Balaban J connectivity index is 2.11. The highest BCUT2D eigenvalue weighted by atomic mass is 16.2. The van der Waals surface area contributed by atoms with Gasteiger partial charge >= 0.3 is 0 Å². The summed E-state index contributed by atoms with van der Waals surface area (Å²) in [7, 11) is 5.27. The molecule has 0 fully saturated rings. The fourth-order valence-electron chi connectivity index (χ4n) is 1.78. The smallest absolute Gasteiger partial charge is 0.272 e. The van der Waals surface area contributed by atoms with Crippen LogP contribution in [0.3, 0.4) is 0 Å². The van der Waals surface area contributed by atoms with Gasteiger partial charge in [0.1, 0.15) is 11.5 Å². The van der Waals surface area contributed by atoms with Crippen molar-refractivity contribution in [3.63, 3.8) is 0 Å². The van der Waals surface area contributed by atoms with Gasteiger partial charge in [-0.05, 0) is 0 Å². The zero-order valence-electron chi connectivity index (χ0n) is 10.7. The van der Waals surface area contributed by atoms with E-state index >= 15 is 0 Å². The van der Waals surface area contributed by atoms with Gasteiger partial charge in [-0.2, -0.15) is 10.2 Å². The molecule has 7 heteroatoms. The number of carbonyl (C=O) groups is 1. The van der Waals surface area contributed by atoms with E-state index in [0.29, 0.717) is 18.1 Å². The first kappa shape index (κ1) is 12.2. The average Bonchev–Trinajstić information content (AvgIpc) is 2.84. The topological polar surface area (TPSA) is 82.0 Å². The Morgan fingerprint density at radius 3 is 2.72 bits per heavy atom. The van der Waals surface area contributed by atoms with Gasteiger partial charge in [-0.15, -0.1) is 0 Å². The normalized spacial score (nSPS) is 10.6. The molecule has 2 rings (SSSR count). The minimum absolute atomic E-state index is 0.120. The van der Waals surface area contributed by atoms with Gasteiger partial charge in [-0.1, -0.05) is 0 Å². The average molecular weight is 248 g/mol. The van der Waals surface area contributed by atoms with Crippen LogP contribution in [0.2, 0.25) is 0 Å². The molecule has 18 heavy (non-hydrogen) atoms. The van der Waals surface area contributed by atoms with Gasteiger partial charge in [0.05, 0.1) is 6.20 Å². The number of nitrogens with two attached hydrogens (primary N) is 1. The fourth-order valence-corrected chi connectivity index (χ4v) is 1.78. The summed E-state index contributed by atoms with van der Waals surface area (Å²) in [6.45, 7) is 0.498. The molecular formula is C11H16N6O. The number of amides is 1. The number of carbonyl (C=O) groups excluding carboxylic acids is 1. The highest BCUT2D eigenvalue weighted by Crippen LogP contribution is 2.09. The molecule has 2 N–H and O–H groups in total. The van der Waals surface area contributed by atoms with Gasteiger partial charge < -0.3 is 10.6 Å². The first-order valence-electron chi connectivity index (χ1n) is 5.50. The van der Waals surface area contributed by atoms with Crippen molar-refractivity contribution < 1.29 is 4.79 Å². The van der Waals surface area contributed by atoms with E-state index in [2.05, 4.69) is 10.2 Å². The molecule has 7 nitrogen and oxygen atoms in total. The maximum Gasteiger partial charge on any atom is 0.272 e. The third-order valence-electron chi connectivity index (χ3n) is 2.64. The molecule has 0 spiro atoms. The van der Waals surface area contributed by atoms with Gasteiger partial charge in [-0.3, -0.25) is 14.2 Å². The predicted molar refractivity (Wildman–Crippen MR) is 66.6 cm³/mol. The number of hydrogen-bond donors (Lipinski definition) is 1. The van der Waals surface area contributed by atoms with Crippen LogP contribution in [0.15, 0.2) is 18.5 Å². The van der Waals surface area contributed by atoms with E-state index < -0.39 is 0 Å². The van der Waals surface area contributed by atoms with Crippen LogP contribution >= 0.6 is 0 Å². The summed E-state index contributed by atoms with van der Waals surface area (Å²) in [6, 6.07) is 1.57. The van der Waals surface area contributed by atoms with E-state index in [1.54, 1.807) is 35.9 Å². The summed E-state index contributed by atoms with van der Waals surface area (Å²) in [6.07, 6.45) is 3.61. The molecule has 0 unspecified atom stereocenters. The monoisotopic (exact) mass is 248 g/mol. The lowest BCUT2D eigenvalue weighted by atomic mass is 10.3. The van der Waals surface area contributed by atoms with Crippen LogP contribution in [0.1, 0.15) is 16.1 Å². The van der Waals surface area contributed by atoms with E-state index in [0.717, 1.165) is 5.56 Å². The second kappa shape index (κ2) is 4.52. The molecular weight excluding hydrogens is 232 g/mol. The number of nitrogen functional groups attached to an aromatic ring is 1. The van der Waals surface area contributed by atoms with Crippen LogP contribution in [-0.4, -0.2) is 37.4 Å². The number of aryl methyl sites for hydroxylation is 2. The summed E-state index contributed by atoms with van der Waals surface area (Å²) in [5, 5.41) is 8.02. The highest BCUT2D eigenvalue weighted by molar-refractivity contribution is 5.93. The Morgan fingerprint density at radius 1 is 1.50 bits per heavy atom. The molecule has 0 aromatic carbocycles. The molecule has 2 aromatic rings. The Labute approximate surface area is 105 Å². The first-order chi connectivity index (χ1) is 8.47. The highest BCUT2D eigenvalue weighted by Gasteiger charge is 2.17. The zero-order chi connectivity index (χ0) is 13.3. The van der Waals surface area contributed by atoms with Crippen molar-refractivity contribution in [2.75, 3.05) is 12.8 Å². The maximum atomic E-state index is 12.2. The lowest BCUT2D eigenvalue weighted by Crippen LogP contribution is -2.27. The van der Waals surface area contributed by atoms with Crippen LogP contribution in [0.25, 0.3) is 0 Å². The Bertz CT molecular complexity index is 570. The second-order valence-corrected chi connectivity index (χ2v) is 4.26. The van der Waals surface area contributed by atoms with Crippen molar-refractivity contribution in [3.8, 4) is 0 Å². The van der Waals surface area contributed by atoms with Crippen LogP contribution in [0.4, 0.5) is 5.82 Å². The third-order valence-corrected chi connectivity index (χ3v) is 2.64. The summed E-state index contributed by atoms with van der Waals surface area (Å²) >= 11 is 0. The van der Waals surface area contributed by atoms with Crippen LogP contribution in [-0.2, 0) is 20.6 Å². The SMILES string of the molecule is CN(Cc1cnn(C)c1)C(=O)c1cc(N)nn1C. The van der Waals surface area contributed by atoms with Crippen molar-refractivity contribution in [1.29, 1.82) is 0 Å². The van der Waals surface area contributed by atoms with Crippen molar-refractivity contribution in [2.24, 2.45) is 14.1 Å². The quantitative estimate of drug-likeness (QED) is 0.829. The number of anilines is 1. The number of hydrogen-bond acceptors (Lipinski definition) is 4. The maximum absolute atomic E-state index is 12.2. The van der Waals surface area contributed by atoms with Crippen molar-refractivity contribution in [2.45, 2.75) is 6.54 Å². The van der Waals surface area contributed by atoms with Gasteiger partial charge in [0.15, 0.2) is 0 Å². The first-order valence-corrected chi connectivity index (χ1v) is 5.50. The van der Waals surface area contributed by atoms with Gasteiger partial charge in [-0.25, -0.2) is 0 Å². The molecule has 96 valence electrons. The van der Waals surface area contributed by atoms with E-state index in [4.69, 9.17) is 5.73 Å². The van der Waals surface area contributed by atoms with Crippen LogP contribution < -0.4 is 5.73 Å². The largest absolute Gasteiger partial charge is 0.382 e. The molecule has 0 atom stereocenters. The van der Waals surface area contributed by atoms with Crippen molar-refractivity contribution in [1.82, 2.24) is 24.5 Å².